The molecule has 0 atom stereocenters. The van der Waals surface area contributed by atoms with Crippen LogP contribution in [0.25, 0.3) is 0 Å². The summed E-state index contributed by atoms with van der Waals surface area (Å²) < 4.78 is 13.5. The number of nitrogens with zero attached hydrogens (tertiary/aromatic N) is 1. The molecule has 34 valence electrons. The largest absolute Gasteiger partial charge is 0.367 e. The monoisotopic (exact) mass is 89.1 g/mol. The number of hydrogen-bond acceptors (Lipinski definition) is 5. The summed E-state index contributed by atoms with van der Waals surface area (Å²) in [5.41, 5.74) is 8.46. The van der Waals surface area contributed by atoms with Crippen LogP contribution in [0.15, 0.2) is 5.10 Å². The molecule has 0 spiro atoms. The van der Waals surface area contributed by atoms with Crippen LogP contribution in [-0.4, -0.2) is 5.96 Å². The van der Waals surface area contributed by atoms with Crippen molar-refractivity contribution >= 4 is 5.96 Å². The average molecular weight is 89.1 g/mol. The molecule has 0 saturated heterocycles. The molecular weight excluding hydrogens is 82.0 g/mol. The van der Waals surface area contributed by atoms with Crippen molar-refractivity contribution < 1.29 is 2.82 Å². The van der Waals surface area contributed by atoms with E-state index in [1.54, 1.807) is 0 Å². The van der Waals surface area contributed by atoms with Gasteiger partial charge in [-0.1, -0.05) is 0 Å². The molecule has 1 heterocycles. The third kappa shape index (κ3) is 0.343. The van der Waals surface area contributed by atoms with Crippen molar-refractivity contribution in [2.45, 2.75) is 0 Å². The summed E-state index contributed by atoms with van der Waals surface area (Å²) in [6.45, 7) is 0. The predicted molar refractivity (Wildman–Crippen MR) is 21.0 cm³/mol. The third-order valence-electron chi connectivity index (χ3n) is 0.362. The van der Waals surface area contributed by atoms with Gasteiger partial charge in [0.05, 0.1) is 0 Å². The molecule has 0 aliphatic carbocycles. The maximum absolute atomic E-state index is 6.77. The summed E-state index contributed by atoms with van der Waals surface area (Å²) in [7, 11) is 0. The van der Waals surface area contributed by atoms with Gasteiger partial charge in [0.2, 0.25) is 7.37 Å². The zero-order chi connectivity index (χ0) is 6.15. The SMILES string of the molecule is [2H]N1N=C(N)N([2H])N1. The van der Waals surface area contributed by atoms with Crippen LogP contribution < -0.4 is 22.2 Å². The van der Waals surface area contributed by atoms with Crippen molar-refractivity contribution in [1.29, 1.82) is 0 Å². The molecule has 0 radical (unpaired) electrons. The van der Waals surface area contributed by atoms with E-state index in [-0.39, 0.29) is 5.96 Å². The van der Waals surface area contributed by atoms with Crippen LogP contribution in [0.2, 0.25) is 2.82 Å². The van der Waals surface area contributed by atoms with E-state index in [0.29, 0.717) is 10.9 Å². The molecule has 0 aromatic heterocycles. The minimum atomic E-state index is -0.0417. The lowest BCUT2D eigenvalue weighted by atomic mass is 11.1. The van der Waals surface area contributed by atoms with Gasteiger partial charge < -0.3 is 5.73 Å². The Morgan fingerprint density at radius 1 is 2.00 bits per heavy atom. The first-order valence-corrected chi connectivity index (χ1v) is 1.38. The molecule has 6 heavy (non-hydrogen) atoms. The van der Waals surface area contributed by atoms with Crippen molar-refractivity contribution in [2.75, 3.05) is 0 Å². The molecule has 0 aromatic rings. The Kier molecular flexibility index (Phi) is 0.280. The van der Waals surface area contributed by atoms with Gasteiger partial charge in [0.1, 0.15) is 0 Å². The number of nitrogens with one attached hydrogen (secondary N) is 3. The zero-order valence-electron chi connectivity index (χ0n) is 4.92. The minimum Gasteiger partial charge on any atom is -0.367 e. The fraction of sp³-hybridized carbons (Fsp3) is 0. The summed E-state index contributed by atoms with van der Waals surface area (Å²) >= 11 is 0. The summed E-state index contributed by atoms with van der Waals surface area (Å²) in [6, 6.07) is 0. The molecule has 0 amide bonds. The van der Waals surface area contributed by atoms with Crippen LogP contribution in [0.5, 0.6) is 0 Å². The Bertz CT molecular complexity index is 122. The topological polar surface area (TPSA) is 74.5 Å². The van der Waals surface area contributed by atoms with E-state index in [1.165, 1.54) is 0 Å². The molecule has 0 unspecified atom stereocenters. The van der Waals surface area contributed by atoms with E-state index in [4.69, 9.17) is 8.56 Å². The number of nitrogens with two attached hydrogens (primary N) is 1. The first-order valence-electron chi connectivity index (χ1n) is 2.28. The normalized spacial score (nSPS) is 26.3. The zero-order valence-corrected chi connectivity index (χ0v) is 2.92. The average Bonchev–Trinajstić information content (AvgIpc) is 1.85. The van der Waals surface area contributed by atoms with E-state index >= 15 is 0 Å². The molecule has 5 heteroatoms. The second-order valence-corrected chi connectivity index (χ2v) is 0.770. The highest BCUT2D eigenvalue weighted by molar-refractivity contribution is 5.77. The van der Waals surface area contributed by atoms with Crippen LogP contribution in [0.3, 0.4) is 0 Å². The molecule has 0 aromatic carbocycles. The summed E-state index contributed by atoms with van der Waals surface area (Å²) in [5, 5.41) is 3.29. The molecule has 0 saturated carbocycles. The number of hydrazine groups is 2. The van der Waals surface area contributed by atoms with Gasteiger partial charge in [-0.15, -0.1) is 10.6 Å². The molecule has 1 aliphatic heterocycles. The number of guanidine groups is 1. The van der Waals surface area contributed by atoms with Crippen molar-refractivity contribution in [3.05, 3.63) is 0 Å². The third-order valence-corrected chi connectivity index (χ3v) is 0.362. The Morgan fingerprint density at radius 3 is 3.00 bits per heavy atom. The van der Waals surface area contributed by atoms with Crippen molar-refractivity contribution in [3.63, 3.8) is 0 Å². The first kappa shape index (κ1) is 1.65. The van der Waals surface area contributed by atoms with Gasteiger partial charge >= 0.3 is 0 Å². The van der Waals surface area contributed by atoms with Crippen LogP contribution in [0, 0.1) is 0 Å². The Morgan fingerprint density at radius 2 is 2.83 bits per heavy atom. The Hall–Kier alpha value is -0.970. The van der Waals surface area contributed by atoms with Crippen molar-refractivity contribution in [2.24, 2.45) is 10.8 Å². The Labute approximate surface area is 37.5 Å². The number of hydrazone groups is 1. The number of rotatable bonds is 0. The van der Waals surface area contributed by atoms with Gasteiger partial charge in [0.15, 0.2) is 1.41 Å². The lowest BCUT2D eigenvalue weighted by Crippen LogP contribution is -2.38. The minimum absolute atomic E-state index is 0.0417. The van der Waals surface area contributed by atoms with Crippen LogP contribution >= 0.6 is 0 Å². The molecule has 5 N–H and O–H groups in total. The molecule has 1 aliphatic rings. The first-order chi connectivity index (χ1) is 3.70. The molecule has 5 nitrogen and oxygen atoms in total. The van der Waals surface area contributed by atoms with E-state index in [1.807, 2.05) is 0 Å². The molecular formula is CH5N5. The quantitative estimate of drug-likeness (QED) is 0.272. The van der Waals surface area contributed by atoms with E-state index in [2.05, 4.69) is 10.6 Å². The number of hydrogen-bond donors (Lipinski definition) is 4. The predicted octanol–water partition coefficient (Wildman–Crippen LogP) is -2.17. The smallest absolute Gasteiger partial charge is 0.228 e. The van der Waals surface area contributed by atoms with Gasteiger partial charge in [-0.25, -0.2) is 5.53 Å². The van der Waals surface area contributed by atoms with Crippen LogP contribution in [0.4, 0.5) is 0 Å². The van der Waals surface area contributed by atoms with Gasteiger partial charge in [0.25, 0.3) is 0 Å². The van der Waals surface area contributed by atoms with E-state index < -0.39 is 0 Å². The highest BCUT2D eigenvalue weighted by Gasteiger charge is 1.91. The van der Waals surface area contributed by atoms with Crippen molar-refractivity contribution in [3.8, 4) is 0 Å². The summed E-state index contributed by atoms with van der Waals surface area (Å²) in [4.78, 5) is 0. The van der Waals surface area contributed by atoms with Gasteiger partial charge in [-0.2, -0.15) is 0 Å². The highest BCUT2D eigenvalue weighted by atomic mass is 15.8. The standard InChI is InChI=1S/CH5N5/c2-1-3-5-6-4-1/h5-6H,(H3,2,3,4)/i/hD2. The molecule has 1 rings (SSSR count). The van der Waals surface area contributed by atoms with Gasteiger partial charge in [-0.3, -0.25) is 5.42 Å². The lowest BCUT2D eigenvalue weighted by Gasteiger charge is -1.86. The van der Waals surface area contributed by atoms with Crippen LogP contribution in [-0.2, 0) is 0 Å². The van der Waals surface area contributed by atoms with Gasteiger partial charge in [-0.05, 0) is 0 Å². The molecule has 0 fully saturated rings. The maximum Gasteiger partial charge on any atom is 0.228 e. The molecule has 0 bridgehead atoms. The summed E-state index contributed by atoms with van der Waals surface area (Å²) in [5.74, 6) is -0.0417. The fourth-order valence-electron chi connectivity index (χ4n) is 0.170. The van der Waals surface area contributed by atoms with E-state index in [0.717, 1.165) is 0 Å². The van der Waals surface area contributed by atoms with Crippen molar-refractivity contribution in [1.82, 2.24) is 16.5 Å². The van der Waals surface area contributed by atoms with Gasteiger partial charge in [0, 0.05) is 0 Å². The highest BCUT2D eigenvalue weighted by Crippen LogP contribution is 1.57. The lowest BCUT2D eigenvalue weighted by molar-refractivity contribution is 0.577. The fourth-order valence-corrected chi connectivity index (χ4v) is 0.170. The maximum atomic E-state index is 6.77. The second kappa shape index (κ2) is 1.02. The van der Waals surface area contributed by atoms with E-state index in [9.17, 15) is 0 Å². The summed E-state index contributed by atoms with van der Waals surface area (Å²) in [6.07, 6.45) is 0. The second-order valence-electron chi connectivity index (χ2n) is 0.770. The Balaban J connectivity index is 2.59. The van der Waals surface area contributed by atoms with Crippen LogP contribution in [0.1, 0.15) is 0 Å².